The van der Waals surface area contributed by atoms with Crippen molar-refractivity contribution in [2.24, 2.45) is 0 Å². The molecule has 80 valence electrons. The number of aromatic carboxylic acids is 1. The molecule has 16 heavy (non-hydrogen) atoms. The van der Waals surface area contributed by atoms with E-state index in [9.17, 15) is 9.18 Å². The zero-order valence-corrected chi connectivity index (χ0v) is 8.22. The molecule has 3 nitrogen and oxygen atoms in total. The minimum absolute atomic E-state index is 0.207. The summed E-state index contributed by atoms with van der Waals surface area (Å²) < 4.78 is 12.9. The Kier molecular flexibility index (Phi) is 2.64. The number of pyridine rings is 1. The van der Waals surface area contributed by atoms with Crippen LogP contribution in [0.1, 0.15) is 10.4 Å². The van der Waals surface area contributed by atoms with Gasteiger partial charge in [0.25, 0.3) is 0 Å². The van der Waals surface area contributed by atoms with Crippen LogP contribution in [0.4, 0.5) is 4.39 Å². The number of hydrogen-bond acceptors (Lipinski definition) is 2. The van der Waals surface area contributed by atoms with Crippen molar-refractivity contribution < 1.29 is 14.3 Å². The quantitative estimate of drug-likeness (QED) is 0.786. The summed E-state index contributed by atoms with van der Waals surface area (Å²) in [7, 11) is 0. The molecule has 1 N–H and O–H groups in total. The van der Waals surface area contributed by atoms with Gasteiger partial charge in [0.2, 0.25) is 5.95 Å². The van der Waals surface area contributed by atoms with E-state index in [4.69, 9.17) is 5.11 Å². The molecular weight excluding hydrogens is 209 g/mol. The van der Waals surface area contributed by atoms with E-state index in [-0.39, 0.29) is 5.56 Å². The van der Waals surface area contributed by atoms with Gasteiger partial charge in [0.1, 0.15) is 0 Å². The van der Waals surface area contributed by atoms with Crippen LogP contribution in [-0.4, -0.2) is 16.1 Å². The van der Waals surface area contributed by atoms with Gasteiger partial charge in [-0.1, -0.05) is 12.1 Å². The van der Waals surface area contributed by atoms with Gasteiger partial charge in [-0.25, -0.2) is 9.78 Å². The van der Waals surface area contributed by atoms with E-state index in [1.54, 1.807) is 18.2 Å². The molecule has 0 atom stereocenters. The van der Waals surface area contributed by atoms with Gasteiger partial charge in [0.05, 0.1) is 5.56 Å². The Morgan fingerprint density at radius 1 is 1.12 bits per heavy atom. The number of nitrogens with zero attached hydrogens (tertiary/aromatic N) is 1. The lowest BCUT2D eigenvalue weighted by atomic mass is 10.1. The normalized spacial score (nSPS) is 10.1. The fourth-order valence-electron chi connectivity index (χ4n) is 1.39. The minimum atomic E-state index is -0.979. The third-order valence-corrected chi connectivity index (χ3v) is 2.19. The molecule has 0 spiro atoms. The summed E-state index contributed by atoms with van der Waals surface area (Å²) in [4.78, 5) is 14.1. The van der Waals surface area contributed by atoms with Crippen LogP contribution in [0.5, 0.6) is 0 Å². The van der Waals surface area contributed by atoms with Gasteiger partial charge in [-0.15, -0.1) is 0 Å². The van der Waals surface area contributed by atoms with Gasteiger partial charge >= 0.3 is 5.97 Å². The van der Waals surface area contributed by atoms with Crippen LogP contribution < -0.4 is 0 Å². The first-order valence-corrected chi connectivity index (χ1v) is 4.62. The highest BCUT2D eigenvalue weighted by molar-refractivity contribution is 5.88. The maximum absolute atomic E-state index is 12.9. The molecule has 0 fully saturated rings. The highest BCUT2D eigenvalue weighted by Gasteiger charge is 2.03. The monoisotopic (exact) mass is 217 g/mol. The number of carboxylic acids is 1. The molecule has 0 radical (unpaired) electrons. The van der Waals surface area contributed by atoms with E-state index in [0.29, 0.717) is 5.56 Å². The molecule has 0 amide bonds. The predicted octanol–water partition coefficient (Wildman–Crippen LogP) is 2.59. The van der Waals surface area contributed by atoms with E-state index in [2.05, 4.69) is 4.98 Å². The van der Waals surface area contributed by atoms with Gasteiger partial charge in [-0.05, 0) is 29.3 Å². The zero-order chi connectivity index (χ0) is 11.5. The molecule has 1 aromatic heterocycles. The fourth-order valence-corrected chi connectivity index (χ4v) is 1.39. The van der Waals surface area contributed by atoms with E-state index in [1.807, 2.05) is 0 Å². The van der Waals surface area contributed by atoms with E-state index >= 15 is 0 Å². The summed E-state index contributed by atoms with van der Waals surface area (Å²) in [6, 6.07) is 9.21. The Hall–Kier alpha value is -2.23. The summed E-state index contributed by atoms with van der Waals surface area (Å²) in [5, 5.41) is 8.72. The third-order valence-electron chi connectivity index (χ3n) is 2.19. The van der Waals surface area contributed by atoms with Crippen LogP contribution in [0, 0.1) is 5.95 Å². The lowest BCUT2D eigenvalue weighted by Crippen LogP contribution is -1.95. The van der Waals surface area contributed by atoms with Gasteiger partial charge < -0.3 is 5.11 Å². The van der Waals surface area contributed by atoms with Crippen molar-refractivity contribution in [3.05, 3.63) is 54.1 Å². The fraction of sp³-hybridized carbons (Fsp3) is 0. The van der Waals surface area contributed by atoms with Crippen molar-refractivity contribution in [2.75, 3.05) is 0 Å². The number of hydrogen-bond donors (Lipinski definition) is 1. The summed E-state index contributed by atoms with van der Waals surface area (Å²) in [6.07, 6.45) is 1.37. The molecule has 2 aromatic rings. The second-order valence-electron chi connectivity index (χ2n) is 3.25. The highest BCUT2D eigenvalue weighted by atomic mass is 19.1. The van der Waals surface area contributed by atoms with Crippen molar-refractivity contribution in [3.8, 4) is 11.1 Å². The van der Waals surface area contributed by atoms with Gasteiger partial charge in [-0.2, -0.15) is 4.39 Å². The van der Waals surface area contributed by atoms with Gasteiger partial charge in [0.15, 0.2) is 0 Å². The molecule has 4 heteroatoms. The Balaban J connectivity index is 2.38. The number of rotatable bonds is 2. The van der Waals surface area contributed by atoms with Crippen LogP contribution in [-0.2, 0) is 0 Å². The minimum Gasteiger partial charge on any atom is -0.478 e. The topological polar surface area (TPSA) is 50.2 Å². The Morgan fingerprint density at radius 3 is 2.38 bits per heavy atom. The first-order chi connectivity index (χ1) is 7.66. The molecule has 0 aliphatic rings. The van der Waals surface area contributed by atoms with Crippen LogP contribution in [0.3, 0.4) is 0 Å². The average molecular weight is 217 g/mol. The molecule has 0 unspecified atom stereocenters. The second kappa shape index (κ2) is 4.10. The zero-order valence-electron chi connectivity index (χ0n) is 8.22. The first kappa shape index (κ1) is 10.3. The standard InChI is InChI=1S/C12H8FNO2/c13-11-7-10(5-6-14-11)8-1-3-9(4-2-8)12(15)16/h1-7H,(H,15,16). The number of carbonyl (C=O) groups is 1. The maximum atomic E-state index is 12.9. The van der Waals surface area contributed by atoms with Crippen molar-refractivity contribution in [1.82, 2.24) is 4.98 Å². The highest BCUT2D eigenvalue weighted by Crippen LogP contribution is 2.19. The SMILES string of the molecule is O=C(O)c1ccc(-c2ccnc(F)c2)cc1. The molecule has 0 aliphatic heterocycles. The summed E-state index contributed by atoms with van der Waals surface area (Å²) in [5.41, 5.74) is 1.63. The number of benzene rings is 1. The van der Waals surface area contributed by atoms with Crippen LogP contribution >= 0.6 is 0 Å². The van der Waals surface area contributed by atoms with Gasteiger partial charge in [0, 0.05) is 12.3 Å². The van der Waals surface area contributed by atoms with Crippen LogP contribution in [0.2, 0.25) is 0 Å². The van der Waals surface area contributed by atoms with E-state index < -0.39 is 11.9 Å². The third kappa shape index (κ3) is 2.06. The van der Waals surface area contributed by atoms with Crippen LogP contribution in [0.25, 0.3) is 11.1 Å². The van der Waals surface area contributed by atoms with E-state index in [0.717, 1.165) is 5.56 Å². The summed E-state index contributed by atoms with van der Waals surface area (Å²) >= 11 is 0. The number of aromatic nitrogens is 1. The van der Waals surface area contributed by atoms with Crippen molar-refractivity contribution >= 4 is 5.97 Å². The lowest BCUT2D eigenvalue weighted by Gasteiger charge is -2.01. The van der Waals surface area contributed by atoms with E-state index in [1.165, 1.54) is 24.4 Å². The number of carboxylic acid groups (broad SMARTS) is 1. The second-order valence-corrected chi connectivity index (χ2v) is 3.25. The van der Waals surface area contributed by atoms with Gasteiger partial charge in [-0.3, -0.25) is 0 Å². The Morgan fingerprint density at radius 2 is 1.81 bits per heavy atom. The maximum Gasteiger partial charge on any atom is 0.335 e. The van der Waals surface area contributed by atoms with Crippen molar-refractivity contribution in [3.63, 3.8) is 0 Å². The molecule has 2 rings (SSSR count). The summed E-state index contributed by atoms with van der Waals surface area (Å²) in [5.74, 6) is -1.53. The molecular formula is C12H8FNO2. The lowest BCUT2D eigenvalue weighted by molar-refractivity contribution is 0.0697. The average Bonchev–Trinajstić information content (AvgIpc) is 2.29. The molecule has 0 aliphatic carbocycles. The van der Waals surface area contributed by atoms with Crippen molar-refractivity contribution in [1.29, 1.82) is 0 Å². The first-order valence-electron chi connectivity index (χ1n) is 4.62. The van der Waals surface area contributed by atoms with Crippen molar-refractivity contribution in [2.45, 2.75) is 0 Å². The smallest absolute Gasteiger partial charge is 0.335 e. The molecule has 0 bridgehead atoms. The summed E-state index contributed by atoms with van der Waals surface area (Å²) in [6.45, 7) is 0. The largest absolute Gasteiger partial charge is 0.478 e. The molecule has 1 heterocycles. The number of halogens is 1. The molecule has 0 saturated carbocycles. The predicted molar refractivity (Wildman–Crippen MR) is 56.6 cm³/mol. The molecule has 0 saturated heterocycles. The Bertz CT molecular complexity index is 523. The van der Waals surface area contributed by atoms with Crippen LogP contribution in [0.15, 0.2) is 42.6 Å². The Labute approximate surface area is 91.2 Å². The molecule has 1 aromatic carbocycles.